The fourth-order valence-corrected chi connectivity index (χ4v) is 2.36. The van der Waals surface area contributed by atoms with Crippen molar-refractivity contribution in [2.75, 3.05) is 0 Å². The number of imide groups is 1. The van der Waals surface area contributed by atoms with Crippen LogP contribution in [0.1, 0.15) is 31.2 Å². The normalized spacial score (nSPS) is 13.5. The zero-order chi connectivity index (χ0) is 16.0. The molecule has 112 valence electrons. The van der Waals surface area contributed by atoms with Crippen molar-refractivity contribution in [3.8, 4) is 0 Å². The smallest absolute Gasteiger partial charge is 0.322 e. The maximum absolute atomic E-state index is 12.2. The molecule has 1 aromatic carbocycles. The van der Waals surface area contributed by atoms with Crippen molar-refractivity contribution in [2.24, 2.45) is 0 Å². The topological polar surface area (TPSA) is 93.9 Å². The van der Waals surface area contributed by atoms with Crippen molar-refractivity contribution in [3.63, 3.8) is 0 Å². The van der Waals surface area contributed by atoms with E-state index in [-0.39, 0.29) is 22.5 Å². The van der Waals surface area contributed by atoms with Gasteiger partial charge >= 0.3 is 5.97 Å². The first-order chi connectivity index (χ1) is 11.2. The number of carbonyl (C=O) groups excluding carboxylic acids is 3. The molecular weight excluding hydrogens is 300 g/mol. The van der Waals surface area contributed by atoms with E-state index in [1.165, 1.54) is 29.1 Å². The van der Waals surface area contributed by atoms with Crippen LogP contribution in [-0.4, -0.2) is 37.2 Å². The summed E-state index contributed by atoms with van der Waals surface area (Å²) >= 11 is 0. The van der Waals surface area contributed by atoms with Crippen LogP contribution < -0.4 is 0 Å². The van der Waals surface area contributed by atoms with E-state index in [2.05, 4.69) is 9.97 Å². The Morgan fingerprint density at radius 2 is 1.70 bits per heavy atom. The third-order valence-corrected chi connectivity index (χ3v) is 3.42. The van der Waals surface area contributed by atoms with E-state index in [4.69, 9.17) is 4.84 Å². The third kappa shape index (κ3) is 1.89. The number of hydroxylamine groups is 2. The number of amides is 2. The average molecular weight is 308 g/mol. The average Bonchev–Trinajstić information content (AvgIpc) is 3.11. The number of rotatable bonds is 2. The molecule has 3 heterocycles. The van der Waals surface area contributed by atoms with Crippen molar-refractivity contribution in [1.29, 1.82) is 0 Å². The molecule has 0 saturated carbocycles. The molecule has 0 N–H and O–H groups in total. The van der Waals surface area contributed by atoms with Crippen molar-refractivity contribution in [3.05, 3.63) is 65.9 Å². The van der Waals surface area contributed by atoms with Crippen molar-refractivity contribution < 1.29 is 19.2 Å². The van der Waals surface area contributed by atoms with Gasteiger partial charge in [0, 0.05) is 12.4 Å². The van der Waals surface area contributed by atoms with Crippen LogP contribution in [0.25, 0.3) is 5.65 Å². The lowest BCUT2D eigenvalue weighted by Crippen LogP contribution is -2.32. The quantitative estimate of drug-likeness (QED) is 0.658. The fraction of sp³-hybridized carbons (Fsp3) is 0. The highest BCUT2D eigenvalue weighted by atomic mass is 16.7. The van der Waals surface area contributed by atoms with Gasteiger partial charge in [0.25, 0.3) is 11.8 Å². The van der Waals surface area contributed by atoms with Gasteiger partial charge < -0.3 is 4.84 Å². The fourth-order valence-electron chi connectivity index (χ4n) is 2.36. The summed E-state index contributed by atoms with van der Waals surface area (Å²) in [5.41, 5.74) is 0.576. The summed E-state index contributed by atoms with van der Waals surface area (Å²) in [6, 6.07) is 7.92. The van der Waals surface area contributed by atoms with E-state index in [9.17, 15) is 14.4 Å². The largest absolute Gasteiger partial charge is 0.386 e. The second-order valence-corrected chi connectivity index (χ2v) is 4.77. The standard InChI is InChI=1S/C15H8N4O4/c20-13-9-4-1-2-5-10(9)14(21)19(13)23-15(22)11-12-16-6-3-7-18(12)8-17-11/h1-8H. The SMILES string of the molecule is O=C(ON1C(=O)c2ccccc2C1=O)c1ncn2cccnc12. The minimum absolute atomic E-state index is 0.0813. The summed E-state index contributed by atoms with van der Waals surface area (Å²) in [7, 11) is 0. The van der Waals surface area contributed by atoms with Crippen LogP contribution in [0.2, 0.25) is 0 Å². The molecule has 1 aliphatic heterocycles. The monoisotopic (exact) mass is 308 g/mol. The van der Waals surface area contributed by atoms with Crippen molar-refractivity contribution >= 4 is 23.4 Å². The molecular formula is C15H8N4O4. The van der Waals surface area contributed by atoms with Gasteiger partial charge in [-0.2, -0.15) is 0 Å². The molecule has 3 aromatic rings. The highest BCUT2D eigenvalue weighted by molar-refractivity contribution is 6.21. The lowest BCUT2D eigenvalue weighted by Gasteiger charge is -2.11. The van der Waals surface area contributed by atoms with Crippen LogP contribution in [0.3, 0.4) is 0 Å². The Morgan fingerprint density at radius 3 is 2.39 bits per heavy atom. The number of benzene rings is 1. The summed E-state index contributed by atoms with van der Waals surface area (Å²) in [6.07, 6.45) is 4.55. The van der Waals surface area contributed by atoms with E-state index < -0.39 is 17.8 Å². The molecule has 2 aromatic heterocycles. The first-order valence-corrected chi connectivity index (χ1v) is 6.64. The van der Waals surface area contributed by atoms with E-state index in [0.717, 1.165) is 0 Å². The number of hydrogen-bond donors (Lipinski definition) is 0. The Labute approximate surface area is 128 Å². The molecule has 2 amide bonds. The van der Waals surface area contributed by atoms with Gasteiger partial charge in [0.15, 0.2) is 11.3 Å². The highest BCUT2D eigenvalue weighted by Crippen LogP contribution is 2.23. The van der Waals surface area contributed by atoms with Crippen LogP contribution in [0.15, 0.2) is 49.1 Å². The van der Waals surface area contributed by atoms with Gasteiger partial charge in [0.05, 0.1) is 11.1 Å². The summed E-state index contributed by atoms with van der Waals surface area (Å²) in [5.74, 6) is -2.30. The molecule has 8 nitrogen and oxygen atoms in total. The van der Waals surface area contributed by atoms with Crippen LogP contribution >= 0.6 is 0 Å². The van der Waals surface area contributed by atoms with Gasteiger partial charge in [0.1, 0.15) is 6.33 Å². The predicted octanol–water partition coefficient (Wildman–Crippen LogP) is 1.10. The number of hydrogen-bond acceptors (Lipinski definition) is 6. The molecule has 0 radical (unpaired) electrons. The first kappa shape index (κ1) is 13.1. The summed E-state index contributed by atoms with van der Waals surface area (Å²) < 4.78 is 1.53. The zero-order valence-corrected chi connectivity index (χ0v) is 11.5. The maximum Gasteiger partial charge on any atom is 0.386 e. The minimum Gasteiger partial charge on any atom is -0.322 e. The number of fused-ring (bicyclic) bond motifs is 2. The van der Waals surface area contributed by atoms with Crippen LogP contribution in [-0.2, 0) is 4.84 Å². The first-order valence-electron chi connectivity index (χ1n) is 6.64. The number of nitrogens with zero attached hydrogens (tertiary/aromatic N) is 4. The van der Waals surface area contributed by atoms with E-state index in [1.807, 2.05) is 0 Å². The predicted molar refractivity (Wildman–Crippen MR) is 75.3 cm³/mol. The molecule has 8 heteroatoms. The number of carbonyl (C=O) groups is 3. The molecule has 0 spiro atoms. The van der Waals surface area contributed by atoms with E-state index >= 15 is 0 Å². The van der Waals surface area contributed by atoms with Gasteiger partial charge in [-0.3, -0.25) is 14.0 Å². The van der Waals surface area contributed by atoms with Gasteiger partial charge in [-0.05, 0) is 18.2 Å². The van der Waals surface area contributed by atoms with Gasteiger partial charge in [-0.1, -0.05) is 17.2 Å². The van der Waals surface area contributed by atoms with Crippen LogP contribution in [0.5, 0.6) is 0 Å². The van der Waals surface area contributed by atoms with E-state index in [1.54, 1.807) is 24.4 Å². The Hall–Kier alpha value is -3.55. The van der Waals surface area contributed by atoms with E-state index in [0.29, 0.717) is 5.06 Å². The highest BCUT2D eigenvalue weighted by Gasteiger charge is 2.39. The Morgan fingerprint density at radius 1 is 1.00 bits per heavy atom. The Kier molecular flexibility index (Phi) is 2.70. The molecule has 0 bridgehead atoms. The second-order valence-electron chi connectivity index (χ2n) is 4.77. The lowest BCUT2D eigenvalue weighted by molar-refractivity contribution is -0.0586. The summed E-state index contributed by atoms with van der Waals surface area (Å²) in [6.45, 7) is 0. The summed E-state index contributed by atoms with van der Waals surface area (Å²) in [5, 5.41) is 0.446. The number of aromatic nitrogens is 3. The molecule has 0 aliphatic carbocycles. The van der Waals surface area contributed by atoms with Crippen LogP contribution in [0.4, 0.5) is 0 Å². The Bertz CT molecular complexity index is 943. The van der Waals surface area contributed by atoms with Gasteiger partial charge in [0.2, 0.25) is 0 Å². The van der Waals surface area contributed by atoms with Crippen molar-refractivity contribution in [2.45, 2.75) is 0 Å². The number of imidazole rings is 1. The van der Waals surface area contributed by atoms with Crippen LogP contribution in [0, 0.1) is 0 Å². The molecule has 0 atom stereocenters. The minimum atomic E-state index is -0.930. The molecule has 1 aliphatic rings. The molecule has 4 rings (SSSR count). The molecule has 0 saturated heterocycles. The van der Waals surface area contributed by atoms with Crippen molar-refractivity contribution in [1.82, 2.24) is 19.4 Å². The zero-order valence-electron chi connectivity index (χ0n) is 11.5. The lowest BCUT2D eigenvalue weighted by atomic mass is 10.1. The molecule has 0 unspecified atom stereocenters. The maximum atomic E-state index is 12.2. The van der Waals surface area contributed by atoms with Gasteiger partial charge in [-0.25, -0.2) is 14.8 Å². The molecule has 0 fully saturated rings. The third-order valence-electron chi connectivity index (χ3n) is 3.42. The molecule has 23 heavy (non-hydrogen) atoms. The van der Waals surface area contributed by atoms with Gasteiger partial charge in [-0.15, -0.1) is 0 Å². The Balaban J connectivity index is 1.65. The second kappa shape index (κ2) is 4.73. The summed E-state index contributed by atoms with van der Waals surface area (Å²) in [4.78, 5) is 49.4.